The Morgan fingerprint density at radius 2 is 1.94 bits per heavy atom. The summed E-state index contributed by atoms with van der Waals surface area (Å²) in [6.45, 7) is 6.22. The summed E-state index contributed by atoms with van der Waals surface area (Å²) in [5, 5.41) is 18.4. The van der Waals surface area contributed by atoms with E-state index in [-0.39, 0.29) is 0 Å². The summed E-state index contributed by atoms with van der Waals surface area (Å²) < 4.78 is 0. The molecule has 1 rings (SSSR count). The highest BCUT2D eigenvalue weighted by atomic mass is 32.2. The Labute approximate surface area is 101 Å². The number of nitriles is 1. The Kier molecular flexibility index (Phi) is 5.27. The molecular weight excluding hydrogens is 218 g/mol. The molecule has 0 bridgehead atoms. The Morgan fingerprint density at radius 1 is 1.19 bits per heavy atom. The SMILES string of the molecule is CCCSc1nnc(CC)c(CC)c1C#N. The fourth-order valence-electron chi connectivity index (χ4n) is 1.57. The lowest BCUT2D eigenvalue weighted by Gasteiger charge is -2.09. The van der Waals surface area contributed by atoms with Gasteiger partial charge in [0.15, 0.2) is 0 Å². The molecule has 0 aromatic carbocycles. The summed E-state index contributed by atoms with van der Waals surface area (Å²) in [7, 11) is 0. The number of hydrogen-bond acceptors (Lipinski definition) is 4. The number of thioether (sulfide) groups is 1. The van der Waals surface area contributed by atoms with Crippen LogP contribution in [0.15, 0.2) is 5.03 Å². The van der Waals surface area contributed by atoms with Crippen LogP contribution in [0.3, 0.4) is 0 Å². The predicted octanol–water partition coefficient (Wildman–Crippen LogP) is 2.98. The molecule has 0 amide bonds. The maximum absolute atomic E-state index is 9.22. The standard InChI is InChI=1S/C12H17N3S/c1-4-7-16-12-10(8-13)9(5-2)11(6-3)14-15-12/h4-7H2,1-3H3. The molecule has 3 nitrogen and oxygen atoms in total. The van der Waals surface area contributed by atoms with Crippen LogP contribution in [0.1, 0.15) is 44.0 Å². The van der Waals surface area contributed by atoms with Gasteiger partial charge in [0.2, 0.25) is 0 Å². The van der Waals surface area contributed by atoms with Gasteiger partial charge in [0.05, 0.1) is 11.3 Å². The van der Waals surface area contributed by atoms with E-state index in [1.807, 2.05) is 6.92 Å². The van der Waals surface area contributed by atoms with Gasteiger partial charge in [-0.3, -0.25) is 0 Å². The highest BCUT2D eigenvalue weighted by Crippen LogP contribution is 2.24. The van der Waals surface area contributed by atoms with E-state index in [9.17, 15) is 5.26 Å². The summed E-state index contributed by atoms with van der Waals surface area (Å²) in [6, 6.07) is 2.28. The first-order chi connectivity index (χ1) is 7.78. The van der Waals surface area contributed by atoms with Crippen molar-refractivity contribution >= 4 is 11.8 Å². The molecule has 0 saturated heterocycles. The second-order valence-electron chi connectivity index (χ2n) is 3.47. The maximum Gasteiger partial charge on any atom is 0.137 e. The van der Waals surface area contributed by atoms with E-state index in [2.05, 4.69) is 30.1 Å². The van der Waals surface area contributed by atoms with Crippen LogP contribution in [0, 0.1) is 11.3 Å². The van der Waals surface area contributed by atoms with E-state index in [0.717, 1.165) is 46.9 Å². The van der Waals surface area contributed by atoms with Crippen molar-refractivity contribution in [3.63, 3.8) is 0 Å². The maximum atomic E-state index is 9.22. The van der Waals surface area contributed by atoms with Gasteiger partial charge in [0.1, 0.15) is 11.1 Å². The third-order valence-electron chi connectivity index (χ3n) is 2.37. The third-order valence-corrected chi connectivity index (χ3v) is 3.54. The lowest BCUT2D eigenvalue weighted by molar-refractivity contribution is 0.817. The molecule has 0 fully saturated rings. The van der Waals surface area contributed by atoms with Crippen LogP contribution in [0.2, 0.25) is 0 Å². The van der Waals surface area contributed by atoms with Crippen molar-refractivity contribution in [2.24, 2.45) is 0 Å². The lowest BCUT2D eigenvalue weighted by Crippen LogP contribution is -2.04. The Bertz CT molecular complexity index is 396. The monoisotopic (exact) mass is 235 g/mol. The predicted molar refractivity (Wildman–Crippen MR) is 66.5 cm³/mol. The van der Waals surface area contributed by atoms with Gasteiger partial charge in [-0.1, -0.05) is 20.8 Å². The average molecular weight is 235 g/mol. The van der Waals surface area contributed by atoms with Crippen molar-refractivity contribution in [3.05, 3.63) is 16.8 Å². The van der Waals surface area contributed by atoms with Gasteiger partial charge in [-0.2, -0.15) is 10.4 Å². The first-order valence-corrected chi connectivity index (χ1v) is 6.68. The van der Waals surface area contributed by atoms with E-state index in [1.165, 1.54) is 0 Å². The van der Waals surface area contributed by atoms with E-state index < -0.39 is 0 Å². The van der Waals surface area contributed by atoms with E-state index >= 15 is 0 Å². The van der Waals surface area contributed by atoms with E-state index in [4.69, 9.17) is 0 Å². The van der Waals surface area contributed by atoms with E-state index in [0.29, 0.717) is 0 Å². The smallest absolute Gasteiger partial charge is 0.137 e. The molecule has 86 valence electrons. The first kappa shape index (κ1) is 13.0. The summed E-state index contributed by atoms with van der Waals surface area (Å²) in [5.74, 6) is 0.984. The third kappa shape index (κ3) is 2.73. The lowest BCUT2D eigenvalue weighted by atomic mass is 10.1. The summed E-state index contributed by atoms with van der Waals surface area (Å²) in [5.41, 5.74) is 2.76. The van der Waals surface area contributed by atoms with Crippen LogP contribution in [-0.2, 0) is 12.8 Å². The number of rotatable bonds is 5. The Hall–Kier alpha value is -1.08. The molecule has 1 heterocycles. The Morgan fingerprint density at radius 3 is 2.44 bits per heavy atom. The second kappa shape index (κ2) is 6.49. The van der Waals surface area contributed by atoms with Gasteiger partial charge < -0.3 is 0 Å². The van der Waals surface area contributed by atoms with Crippen LogP contribution < -0.4 is 0 Å². The number of hydrogen-bond donors (Lipinski definition) is 0. The average Bonchev–Trinajstić information content (AvgIpc) is 2.34. The van der Waals surface area contributed by atoms with Crippen molar-refractivity contribution < 1.29 is 0 Å². The molecule has 0 unspecified atom stereocenters. The molecule has 0 aliphatic carbocycles. The minimum Gasteiger partial charge on any atom is -0.192 e. The summed E-state index contributed by atoms with van der Waals surface area (Å²) >= 11 is 1.62. The van der Waals surface area contributed by atoms with E-state index in [1.54, 1.807) is 11.8 Å². The zero-order valence-corrected chi connectivity index (χ0v) is 10.9. The molecule has 0 atom stereocenters. The van der Waals surface area contributed by atoms with Crippen molar-refractivity contribution in [3.8, 4) is 6.07 Å². The molecule has 4 heteroatoms. The van der Waals surface area contributed by atoms with Gasteiger partial charge >= 0.3 is 0 Å². The van der Waals surface area contributed by atoms with Crippen LogP contribution in [0.25, 0.3) is 0 Å². The molecule has 0 radical (unpaired) electrons. The fraction of sp³-hybridized carbons (Fsp3) is 0.583. The minimum atomic E-state index is 0.729. The molecule has 0 saturated carbocycles. The van der Waals surface area contributed by atoms with Gasteiger partial charge in [-0.25, -0.2) is 0 Å². The quantitative estimate of drug-likeness (QED) is 0.736. The van der Waals surface area contributed by atoms with Crippen molar-refractivity contribution in [2.75, 3.05) is 5.75 Å². The molecule has 0 aliphatic heterocycles. The minimum absolute atomic E-state index is 0.729. The normalized spacial score (nSPS) is 10.1. The largest absolute Gasteiger partial charge is 0.192 e. The molecule has 0 N–H and O–H groups in total. The van der Waals surface area contributed by atoms with Gasteiger partial charge in [-0.05, 0) is 30.6 Å². The number of aryl methyl sites for hydroxylation is 1. The summed E-state index contributed by atoms with van der Waals surface area (Å²) in [6.07, 6.45) is 2.76. The molecule has 1 aromatic rings. The van der Waals surface area contributed by atoms with Crippen molar-refractivity contribution in [1.29, 1.82) is 5.26 Å². The van der Waals surface area contributed by atoms with Gasteiger partial charge in [-0.15, -0.1) is 16.9 Å². The Balaban J connectivity index is 3.16. The zero-order chi connectivity index (χ0) is 12.0. The molecule has 0 aliphatic rings. The first-order valence-electron chi connectivity index (χ1n) is 5.69. The highest BCUT2D eigenvalue weighted by molar-refractivity contribution is 7.99. The van der Waals surface area contributed by atoms with Crippen molar-refractivity contribution in [1.82, 2.24) is 10.2 Å². The van der Waals surface area contributed by atoms with Crippen LogP contribution in [0.5, 0.6) is 0 Å². The second-order valence-corrected chi connectivity index (χ2v) is 4.56. The van der Waals surface area contributed by atoms with Crippen LogP contribution >= 0.6 is 11.8 Å². The van der Waals surface area contributed by atoms with Gasteiger partial charge in [0, 0.05) is 0 Å². The fourth-order valence-corrected chi connectivity index (χ4v) is 2.38. The zero-order valence-electron chi connectivity index (χ0n) is 10.1. The number of nitrogens with zero attached hydrogens (tertiary/aromatic N) is 3. The topological polar surface area (TPSA) is 49.6 Å². The van der Waals surface area contributed by atoms with Crippen LogP contribution in [0.4, 0.5) is 0 Å². The molecule has 1 aromatic heterocycles. The van der Waals surface area contributed by atoms with Crippen LogP contribution in [-0.4, -0.2) is 16.0 Å². The summed E-state index contributed by atoms with van der Waals surface area (Å²) in [4.78, 5) is 0. The molecule has 0 spiro atoms. The van der Waals surface area contributed by atoms with Crippen molar-refractivity contribution in [2.45, 2.75) is 45.1 Å². The highest BCUT2D eigenvalue weighted by Gasteiger charge is 2.13. The van der Waals surface area contributed by atoms with Gasteiger partial charge in [0.25, 0.3) is 0 Å². The molecule has 16 heavy (non-hydrogen) atoms. The number of aromatic nitrogens is 2. The molecular formula is C12H17N3S.